The number of rotatable bonds is 13. The van der Waals surface area contributed by atoms with Crippen LogP contribution >= 0.6 is 0 Å². The number of hydrogen-bond acceptors (Lipinski definition) is 7. The van der Waals surface area contributed by atoms with Crippen LogP contribution in [0.25, 0.3) is 0 Å². The molecular weight excluding hydrogens is 604 g/mol. The summed E-state index contributed by atoms with van der Waals surface area (Å²) in [5.41, 5.74) is 9.09. The van der Waals surface area contributed by atoms with Gasteiger partial charge < -0.3 is 35.2 Å². The Morgan fingerprint density at radius 2 is 1.64 bits per heavy atom. The van der Waals surface area contributed by atoms with Crippen molar-refractivity contribution in [3.63, 3.8) is 0 Å². The van der Waals surface area contributed by atoms with Gasteiger partial charge in [-0.1, -0.05) is 12.7 Å². The minimum atomic E-state index is -1.21. The standard InChI is InChI=1S/C35H40N4O8/c1-7-19-15(2)23(39-34(19)45)12-22-17(4)21(8-9-27(42)43)31(37-22)29-30(35(46)47-6)33(44)28-18(5)24(38-32(28)29)13-25-20(10-11-40)16(3)26(14-41)36-25/h7,14,23,29-30,36-38,40H,1,8-13H2,2-6H3,(H,39,45)(H,42,43)/t23?,29-,30+/m1/s1. The van der Waals surface area contributed by atoms with Gasteiger partial charge in [0.2, 0.25) is 0 Å². The van der Waals surface area contributed by atoms with Crippen LogP contribution in [0.15, 0.2) is 23.8 Å². The number of aromatic amines is 3. The molecule has 12 heteroatoms. The summed E-state index contributed by atoms with van der Waals surface area (Å²) in [6.45, 7) is 11.0. The normalized spacial score (nSPS) is 18.9. The first-order valence-corrected chi connectivity index (χ1v) is 15.5. The first-order valence-electron chi connectivity index (χ1n) is 15.5. The number of carboxylic acids is 1. The summed E-state index contributed by atoms with van der Waals surface area (Å²) in [6, 6.07) is -0.321. The molecule has 0 bridgehead atoms. The molecule has 47 heavy (non-hydrogen) atoms. The van der Waals surface area contributed by atoms with Gasteiger partial charge >= 0.3 is 11.9 Å². The lowest BCUT2D eigenvalue weighted by atomic mass is 9.87. The van der Waals surface area contributed by atoms with E-state index in [2.05, 4.69) is 26.8 Å². The molecule has 0 spiro atoms. The summed E-state index contributed by atoms with van der Waals surface area (Å²) in [4.78, 5) is 73.2. The van der Waals surface area contributed by atoms with Crippen molar-refractivity contribution in [1.29, 1.82) is 0 Å². The van der Waals surface area contributed by atoms with Crippen LogP contribution in [0.2, 0.25) is 0 Å². The molecular formula is C35H40N4O8. The molecule has 4 heterocycles. The maximum absolute atomic E-state index is 14.1. The highest BCUT2D eigenvalue weighted by atomic mass is 16.5. The molecule has 0 saturated heterocycles. The number of esters is 1. The summed E-state index contributed by atoms with van der Waals surface area (Å²) in [7, 11) is 1.23. The number of carbonyl (C=O) groups excluding carboxylic acids is 4. The van der Waals surface area contributed by atoms with E-state index in [4.69, 9.17) is 4.74 Å². The maximum atomic E-state index is 14.1. The summed E-state index contributed by atoms with van der Waals surface area (Å²) >= 11 is 0. The number of amides is 1. The van der Waals surface area contributed by atoms with E-state index >= 15 is 0 Å². The van der Waals surface area contributed by atoms with E-state index in [-0.39, 0.29) is 31.4 Å². The highest BCUT2D eigenvalue weighted by Gasteiger charge is 2.50. The van der Waals surface area contributed by atoms with Gasteiger partial charge in [-0.15, -0.1) is 0 Å². The number of fused-ring (bicyclic) bond motifs is 1. The Kier molecular flexibility index (Phi) is 9.26. The van der Waals surface area contributed by atoms with Gasteiger partial charge in [-0.25, -0.2) is 0 Å². The van der Waals surface area contributed by atoms with Crippen LogP contribution in [0.3, 0.4) is 0 Å². The third-order valence-electron chi connectivity index (χ3n) is 9.88. The number of ether oxygens (including phenoxy) is 1. The Labute approximate surface area is 271 Å². The molecule has 6 N–H and O–H groups in total. The fourth-order valence-electron chi connectivity index (χ4n) is 7.28. The van der Waals surface area contributed by atoms with E-state index in [1.165, 1.54) is 13.2 Å². The summed E-state index contributed by atoms with van der Waals surface area (Å²) < 4.78 is 5.12. The number of aliphatic hydroxyl groups excluding tert-OH is 1. The molecule has 3 aromatic rings. The van der Waals surface area contributed by atoms with Crippen LogP contribution in [-0.4, -0.2) is 74.8 Å². The molecule has 12 nitrogen and oxygen atoms in total. The third-order valence-corrected chi connectivity index (χ3v) is 9.88. The zero-order valence-corrected chi connectivity index (χ0v) is 27.2. The Balaban J connectivity index is 1.64. The number of ketones is 1. The molecule has 3 aromatic heterocycles. The smallest absolute Gasteiger partial charge is 0.317 e. The lowest BCUT2D eigenvalue weighted by Crippen LogP contribution is -2.30. The fourth-order valence-corrected chi connectivity index (χ4v) is 7.28. The van der Waals surface area contributed by atoms with Crippen LogP contribution in [-0.2, 0) is 44.8 Å². The number of aliphatic hydroxyl groups is 1. The number of Topliss-reactive ketones (excluding diaryl/α,β-unsaturated/α-hetero) is 1. The Hall–Kier alpha value is -4.97. The van der Waals surface area contributed by atoms with Gasteiger partial charge in [0.15, 0.2) is 12.1 Å². The molecule has 1 aliphatic heterocycles. The number of nitrogens with one attached hydrogen (secondary N) is 4. The van der Waals surface area contributed by atoms with E-state index in [9.17, 15) is 34.2 Å². The fraction of sp³-hybridized carbons (Fsp3) is 0.400. The highest BCUT2D eigenvalue weighted by Crippen LogP contribution is 2.47. The lowest BCUT2D eigenvalue weighted by Gasteiger charge is -2.19. The highest BCUT2D eigenvalue weighted by molar-refractivity contribution is 6.14. The average molecular weight is 645 g/mol. The monoisotopic (exact) mass is 644 g/mol. The second-order valence-corrected chi connectivity index (χ2v) is 12.3. The average Bonchev–Trinajstić information content (AvgIpc) is 3.77. The molecule has 0 saturated carbocycles. The van der Waals surface area contributed by atoms with Crippen LogP contribution in [0.5, 0.6) is 0 Å². The number of aldehydes is 1. The van der Waals surface area contributed by atoms with Crippen LogP contribution in [0.4, 0.5) is 0 Å². The van der Waals surface area contributed by atoms with Gasteiger partial charge in [-0.2, -0.15) is 0 Å². The first-order chi connectivity index (χ1) is 22.4. The number of methoxy groups -OCH3 is 1. The topological polar surface area (TPSA) is 194 Å². The predicted octanol–water partition coefficient (Wildman–Crippen LogP) is 3.21. The Bertz CT molecular complexity index is 1850. The van der Waals surface area contributed by atoms with Crippen molar-refractivity contribution in [1.82, 2.24) is 20.3 Å². The van der Waals surface area contributed by atoms with E-state index in [0.29, 0.717) is 64.3 Å². The van der Waals surface area contributed by atoms with E-state index in [1.54, 1.807) is 6.92 Å². The quantitative estimate of drug-likeness (QED) is 0.0927. The zero-order chi connectivity index (χ0) is 34.3. The molecule has 1 amide bonds. The summed E-state index contributed by atoms with van der Waals surface area (Å²) in [5, 5.41) is 22.2. The molecule has 1 aliphatic carbocycles. The molecule has 2 aliphatic rings. The number of aromatic nitrogens is 3. The molecule has 3 atom stereocenters. The maximum Gasteiger partial charge on any atom is 0.317 e. The number of aliphatic carboxylic acids is 1. The van der Waals surface area contributed by atoms with Crippen molar-refractivity contribution < 1.29 is 38.9 Å². The molecule has 5 rings (SSSR count). The number of hydrogen-bond donors (Lipinski definition) is 6. The Morgan fingerprint density at radius 3 is 2.23 bits per heavy atom. The molecule has 1 unspecified atom stereocenters. The molecule has 248 valence electrons. The van der Waals surface area contributed by atoms with Crippen LogP contribution in [0, 0.1) is 26.7 Å². The van der Waals surface area contributed by atoms with Crippen LogP contribution < -0.4 is 5.32 Å². The summed E-state index contributed by atoms with van der Waals surface area (Å²) in [6.07, 6.45) is 3.27. The van der Waals surface area contributed by atoms with Crippen molar-refractivity contribution in [3.8, 4) is 0 Å². The van der Waals surface area contributed by atoms with Gasteiger partial charge in [0, 0.05) is 65.5 Å². The minimum Gasteiger partial charge on any atom is -0.481 e. The first kappa shape index (κ1) is 33.4. The predicted molar refractivity (Wildman–Crippen MR) is 172 cm³/mol. The van der Waals surface area contributed by atoms with Crippen LogP contribution in [0.1, 0.15) is 96.4 Å². The van der Waals surface area contributed by atoms with Crippen molar-refractivity contribution in [3.05, 3.63) is 91.3 Å². The second-order valence-electron chi connectivity index (χ2n) is 12.3. The van der Waals surface area contributed by atoms with Gasteiger partial charge in [0.25, 0.3) is 5.91 Å². The number of carboxylic acid groups (broad SMARTS) is 1. The molecule has 0 radical (unpaired) electrons. The summed E-state index contributed by atoms with van der Waals surface area (Å²) in [5.74, 6) is -4.34. The van der Waals surface area contributed by atoms with Crippen molar-refractivity contribution in [2.45, 2.75) is 71.8 Å². The van der Waals surface area contributed by atoms with Crippen molar-refractivity contribution >= 4 is 29.9 Å². The number of carbonyl (C=O) groups is 5. The van der Waals surface area contributed by atoms with E-state index < -0.39 is 29.6 Å². The minimum absolute atomic E-state index is 0.103. The SMILES string of the molecule is C=CC1=C(C)C(Cc2[nH]c([C@@H]3c4[nH]c(Cc5[nH]c(C=O)c(C)c5CCO)c(C)c4C(=O)[C@H]3C(=O)OC)c(CCC(=O)O)c2C)NC1=O. The third kappa shape index (κ3) is 5.67. The zero-order valence-electron chi connectivity index (χ0n) is 27.2. The molecule has 0 fully saturated rings. The lowest BCUT2D eigenvalue weighted by molar-refractivity contribution is -0.144. The second kappa shape index (κ2) is 13.0. The van der Waals surface area contributed by atoms with Gasteiger partial charge in [-0.05, 0) is 73.9 Å². The molecule has 0 aromatic carbocycles. The van der Waals surface area contributed by atoms with E-state index in [1.807, 2.05) is 20.8 Å². The van der Waals surface area contributed by atoms with Gasteiger partial charge in [0.1, 0.15) is 5.92 Å². The van der Waals surface area contributed by atoms with Crippen molar-refractivity contribution in [2.75, 3.05) is 13.7 Å². The number of H-pyrrole nitrogens is 3. The van der Waals surface area contributed by atoms with Gasteiger partial charge in [0.05, 0.1) is 24.8 Å². The van der Waals surface area contributed by atoms with Gasteiger partial charge in [-0.3, -0.25) is 24.0 Å². The Morgan fingerprint density at radius 1 is 0.936 bits per heavy atom. The van der Waals surface area contributed by atoms with Crippen molar-refractivity contribution in [2.24, 2.45) is 5.92 Å². The van der Waals surface area contributed by atoms with E-state index in [0.717, 1.165) is 39.9 Å². The largest absolute Gasteiger partial charge is 0.481 e.